The summed E-state index contributed by atoms with van der Waals surface area (Å²) in [5, 5.41) is 10.2. The molecule has 0 aromatic carbocycles. The molecule has 0 unspecified atom stereocenters. The van der Waals surface area contributed by atoms with Gasteiger partial charge in [-0.3, -0.25) is 9.59 Å². The van der Waals surface area contributed by atoms with E-state index < -0.39 is 5.60 Å². The van der Waals surface area contributed by atoms with Gasteiger partial charge in [0.1, 0.15) is 0 Å². The highest BCUT2D eigenvalue weighted by Crippen LogP contribution is 2.41. The monoisotopic (exact) mass is 338 g/mol. The van der Waals surface area contributed by atoms with E-state index in [4.69, 9.17) is 4.74 Å². The van der Waals surface area contributed by atoms with Gasteiger partial charge in [0.15, 0.2) is 0 Å². The van der Waals surface area contributed by atoms with Crippen molar-refractivity contribution in [2.24, 2.45) is 5.41 Å². The number of methoxy groups -OCH3 is 1. The normalized spacial score (nSPS) is 25.7. The standard InChI is InChI=1S/C18H30N2O4/c1-24-13-12-20-9-3-4-17(16(20)22)7-10-19(11-8-17)15(21)14-18(23)5-2-6-18/h23H,2-14H2,1H3. The summed E-state index contributed by atoms with van der Waals surface area (Å²) in [4.78, 5) is 29.1. The van der Waals surface area contributed by atoms with Crippen molar-refractivity contribution in [1.29, 1.82) is 0 Å². The predicted octanol–water partition coefficient (Wildman–Crippen LogP) is 1.17. The Balaban J connectivity index is 1.55. The van der Waals surface area contributed by atoms with Crippen LogP contribution in [-0.4, -0.2) is 72.2 Å². The summed E-state index contributed by atoms with van der Waals surface area (Å²) in [6, 6.07) is 0. The van der Waals surface area contributed by atoms with Crippen LogP contribution in [-0.2, 0) is 14.3 Å². The largest absolute Gasteiger partial charge is 0.389 e. The molecule has 2 heterocycles. The van der Waals surface area contributed by atoms with Gasteiger partial charge in [-0.1, -0.05) is 0 Å². The molecule has 6 nitrogen and oxygen atoms in total. The van der Waals surface area contributed by atoms with Gasteiger partial charge >= 0.3 is 0 Å². The molecule has 0 radical (unpaired) electrons. The Hall–Kier alpha value is -1.14. The number of aliphatic hydroxyl groups is 1. The van der Waals surface area contributed by atoms with Crippen LogP contribution in [0.1, 0.15) is 51.4 Å². The zero-order valence-corrected chi connectivity index (χ0v) is 14.8. The van der Waals surface area contributed by atoms with Crippen molar-refractivity contribution in [1.82, 2.24) is 9.80 Å². The van der Waals surface area contributed by atoms with Crippen LogP contribution in [0.4, 0.5) is 0 Å². The number of hydrogen-bond acceptors (Lipinski definition) is 4. The lowest BCUT2D eigenvalue weighted by Crippen LogP contribution is -2.55. The average molecular weight is 338 g/mol. The molecule has 3 fully saturated rings. The number of piperidine rings is 2. The van der Waals surface area contributed by atoms with Gasteiger partial charge < -0.3 is 19.6 Å². The topological polar surface area (TPSA) is 70.1 Å². The van der Waals surface area contributed by atoms with E-state index in [9.17, 15) is 14.7 Å². The van der Waals surface area contributed by atoms with Crippen LogP contribution < -0.4 is 0 Å². The molecule has 0 bridgehead atoms. The molecule has 1 spiro atoms. The molecule has 1 aliphatic carbocycles. The smallest absolute Gasteiger partial charge is 0.229 e. The molecule has 0 atom stereocenters. The number of carbonyl (C=O) groups is 2. The molecule has 2 saturated heterocycles. The van der Waals surface area contributed by atoms with Crippen molar-refractivity contribution in [2.45, 2.75) is 57.0 Å². The van der Waals surface area contributed by atoms with Gasteiger partial charge in [-0.15, -0.1) is 0 Å². The van der Waals surface area contributed by atoms with E-state index in [2.05, 4.69) is 0 Å². The summed E-state index contributed by atoms with van der Waals surface area (Å²) >= 11 is 0. The lowest BCUT2D eigenvalue weighted by Gasteiger charge is -2.47. The van der Waals surface area contributed by atoms with Crippen molar-refractivity contribution < 1.29 is 19.4 Å². The third-order valence-corrected chi connectivity index (χ3v) is 6.23. The van der Waals surface area contributed by atoms with Gasteiger partial charge in [-0.25, -0.2) is 0 Å². The van der Waals surface area contributed by atoms with E-state index in [1.165, 1.54) is 0 Å². The van der Waals surface area contributed by atoms with Crippen LogP contribution in [0.5, 0.6) is 0 Å². The first-order valence-corrected chi connectivity index (χ1v) is 9.27. The van der Waals surface area contributed by atoms with Crippen LogP contribution in [0.25, 0.3) is 0 Å². The molecule has 24 heavy (non-hydrogen) atoms. The quantitative estimate of drug-likeness (QED) is 0.817. The van der Waals surface area contributed by atoms with E-state index in [1.54, 1.807) is 7.11 Å². The first-order chi connectivity index (χ1) is 11.5. The minimum absolute atomic E-state index is 0.0477. The fourth-order valence-corrected chi connectivity index (χ4v) is 4.37. The average Bonchev–Trinajstić information content (AvgIpc) is 2.55. The van der Waals surface area contributed by atoms with Crippen LogP contribution in [0.15, 0.2) is 0 Å². The molecule has 1 N–H and O–H groups in total. The summed E-state index contributed by atoms with van der Waals surface area (Å²) in [6.45, 7) is 3.33. The van der Waals surface area contributed by atoms with Crippen molar-refractivity contribution in [3.8, 4) is 0 Å². The molecule has 1 saturated carbocycles. The Morgan fingerprint density at radius 2 is 1.83 bits per heavy atom. The maximum atomic E-state index is 12.9. The number of rotatable bonds is 5. The Labute approximate surface area is 144 Å². The Morgan fingerprint density at radius 3 is 2.42 bits per heavy atom. The first-order valence-electron chi connectivity index (χ1n) is 9.27. The molecule has 3 aliphatic rings. The number of carbonyl (C=O) groups excluding carboxylic acids is 2. The van der Waals surface area contributed by atoms with Crippen LogP contribution >= 0.6 is 0 Å². The highest BCUT2D eigenvalue weighted by atomic mass is 16.5. The van der Waals surface area contributed by atoms with Crippen LogP contribution in [0, 0.1) is 5.41 Å². The second-order valence-corrected chi connectivity index (χ2v) is 7.80. The Morgan fingerprint density at radius 1 is 1.12 bits per heavy atom. The minimum Gasteiger partial charge on any atom is -0.389 e. The summed E-state index contributed by atoms with van der Waals surface area (Å²) in [5.41, 5.74) is -1.04. The number of amides is 2. The van der Waals surface area contributed by atoms with Crippen molar-refractivity contribution in [3.05, 3.63) is 0 Å². The van der Waals surface area contributed by atoms with Crippen LogP contribution in [0.2, 0.25) is 0 Å². The van der Waals surface area contributed by atoms with Gasteiger partial charge in [-0.05, 0) is 44.9 Å². The second-order valence-electron chi connectivity index (χ2n) is 7.80. The number of likely N-dealkylation sites (tertiary alicyclic amines) is 2. The van der Waals surface area contributed by atoms with Gasteiger partial charge in [0.25, 0.3) is 0 Å². The molecule has 6 heteroatoms. The molecular weight excluding hydrogens is 308 g/mol. The summed E-state index contributed by atoms with van der Waals surface area (Å²) < 4.78 is 5.11. The molecule has 3 rings (SSSR count). The third-order valence-electron chi connectivity index (χ3n) is 6.23. The molecular formula is C18H30N2O4. The zero-order chi connectivity index (χ0) is 17.2. The number of nitrogens with zero attached hydrogens (tertiary/aromatic N) is 2. The van der Waals surface area contributed by atoms with E-state index >= 15 is 0 Å². The van der Waals surface area contributed by atoms with Gasteiger partial charge in [0.05, 0.1) is 24.0 Å². The maximum Gasteiger partial charge on any atom is 0.229 e. The fraction of sp³-hybridized carbons (Fsp3) is 0.889. The Kier molecular flexibility index (Phi) is 5.16. The highest BCUT2D eigenvalue weighted by molar-refractivity contribution is 5.84. The van der Waals surface area contributed by atoms with E-state index in [0.29, 0.717) is 26.2 Å². The molecule has 2 amide bonds. The third kappa shape index (κ3) is 3.45. The maximum absolute atomic E-state index is 12.9. The number of hydrogen-bond donors (Lipinski definition) is 1. The van der Waals surface area contributed by atoms with Gasteiger partial charge in [0.2, 0.25) is 11.8 Å². The minimum atomic E-state index is -0.760. The van der Waals surface area contributed by atoms with E-state index in [1.807, 2.05) is 9.80 Å². The predicted molar refractivity (Wildman–Crippen MR) is 89.4 cm³/mol. The lowest BCUT2D eigenvalue weighted by molar-refractivity contribution is -0.155. The van der Waals surface area contributed by atoms with Gasteiger partial charge in [0, 0.05) is 33.3 Å². The van der Waals surface area contributed by atoms with E-state index in [0.717, 1.165) is 51.5 Å². The summed E-state index contributed by atoms with van der Waals surface area (Å²) in [5.74, 6) is 0.294. The van der Waals surface area contributed by atoms with Gasteiger partial charge in [-0.2, -0.15) is 0 Å². The second kappa shape index (κ2) is 7.00. The molecule has 0 aromatic rings. The summed E-state index contributed by atoms with van der Waals surface area (Å²) in [6.07, 6.45) is 6.20. The molecule has 136 valence electrons. The molecule has 2 aliphatic heterocycles. The van der Waals surface area contributed by atoms with Crippen molar-refractivity contribution in [2.75, 3.05) is 39.9 Å². The highest BCUT2D eigenvalue weighted by Gasteiger charge is 2.46. The van der Waals surface area contributed by atoms with Crippen LogP contribution in [0.3, 0.4) is 0 Å². The SMILES string of the molecule is COCCN1CCCC2(CCN(C(=O)CC3(O)CCC3)CC2)C1=O. The zero-order valence-electron chi connectivity index (χ0n) is 14.8. The molecule has 0 aromatic heterocycles. The first kappa shape index (κ1) is 17.7. The lowest BCUT2D eigenvalue weighted by atomic mass is 9.71. The number of ether oxygens (including phenoxy) is 1. The summed E-state index contributed by atoms with van der Waals surface area (Å²) in [7, 11) is 1.66. The van der Waals surface area contributed by atoms with Crippen molar-refractivity contribution >= 4 is 11.8 Å². The Bertz CT molecular complexity index is 481. The van der Waals surface area contributed by atoms with E-state index in [-0.39, 0.29) is 23.7 Å². The van der Waals surface area contributed by atoms with Crippen molar-refractivity contribution in [3.63, 3.8) is 0 Å². The fourth-order valence-electron chi connectivity index (χ4n) is 4.37.